The van der Waals surface area contributed by atoms with Crippen LogP contribution in [0.15, 0.2) is 82.7 Å². The van der Waals surface area contributed by atoms with E-state index in [-0.39, 0.29) is 11.4 Å². The predicted molar refractivity (Wildman–Crippen MR) is 117 cm³/mol. The minimum Gasteiger partial charge on any atom is -0.497 e. The number of methoxy groups -OCH3 is 1. The van der Waals surface area contributed by atoms with Crippen LogP contribution in [0.2, 0.25) is 0 Å². The number of nitrogens with zero attached hydrogens (tertiary/aromatic N) is 2. The molecular weight excluding hydrogens is 403 g/mol. The molecule has 0 saturated heterocycles. The number of ether oxygens (including phenoxy) is 2. The number of hydrogen-bond donors (Lipinski definition) is 0. The third-order valence-electron chi connectivity index (χ3n) is 4.45. The lowest BCUT2D eigenvalue weighted by Gasteiger charge is -2.14. The van der Waals surface area contributed by atoms with Gasteiger partial charge in [0.1, 0.15) is 17.3 Å². The van der Waals surface area contributed by atoms with Crippen molar-refractivity contribution in [2.75, 3.05) is 19.5 Å². The fourth-order valence-electron chi connectivity index (χ4n) is 3.01. The monoisotopic (exact) mass is 422 g/mol. The van der Waals surface area contributed by atoms with Crippen molar-refractivity contribution in [2.45, 2.75) is 5.16 Å². The van der Waals surface area contributed by atoms with Crippen molar-refractivity contribution in [1.82, 2.24) is 9.55 Å². The van der Waals surface area contributed by atoms with Gasteiger partial charge < -0.3 is 9.47 Å². The molecule has 0 saturated carbocycles. The number of para-hydroxylation sites is 1. The molecular formula is C23H19FN2O3S. The molecule has 0 radical (unpaired) electrons. The van der Waals surface area contributed by atoms with Crippen LogP contribution in [-0.2, 0) is 0 Å². The summed E-state index contributed by atoms with van der Waals surface area (Å²) in [6.07, 6.45) is 0. The Balaban J connectivity index is 1.63. The maximum absolute atomic E-state index is 13.2. The van der Waals surface area contributed by atoms with E-state index in [2.05, 4.69) is 0 Å². The lowest BCUT2D eigenvalue weighted by atomic mass is 10.2. The van der Waals surface area contributed by atoms with Crippen molar-refractivity contribution in [3.63, 3.8) is 0 Å². The summed E-state index contributed by atoms with van der Waals surface area (Å²) in [4.78, 5) is 17.9. The Morgan fingerprint density at radius 3 is 2.60 bits per heavy atom. The average Bonchev–Trinajstić information content (AvgIpc) is 2.78. The number of halogens is 1. The molecule has 0 aliphatic carbocycles. The highest BCUT2D eigenvalue weighted by molar-refractivity contribution is 7.99. The summed E-state index contributed by atoms with van der Waals surface area (Å²) in [5.41, 5.74) is 1.18. The smallest absolute Gasteiger partial charge is 0.266 e. The zero-order chi connectivity index (χ0) is 20.9. The van der Waals surface area contributed by atoms with Crippen LogP contribution in [0.4, 0.5) is 4.39 Å². The average molecular weight is 422 g/mol. The predicted octanol–water partition coefficient (Wildman–Crippen LogP) is 4.70. The fourth-order valence-corrected chi connectivity index (χ4v) is 3.84. The molecule has 7 heteroatoms. The van der Waals surface area contributed by atoms with Crippen LogP contribution >= 0.6 is 11.8 Å². The Morgan fingerprint density at radius 2 is 1.80 bits per heavy atom. The number of hydrogen-bond acceptors (Lipinski definition) is 5. The van der Waals surface area contributed by atoms with Gasteiger partial charge in [0.2, 0.25) is 0 Å². The summed E-state index contributed by atoms with van der Waals surface area (Å²) in [6, 6.07) is 20.5. The Morgan fingerprint density at radius 1 is 1.00 bits per heavy atom. The number of fused-ring (bicyclic) bond motifs is 1. The standard InChI is InChI=1S/C23H19FN2O3S/c1-28-19-6-4-5-17(15-19)26-22(27)20-7-2-3-8-21(20)25-23(26)30-14-13-29-18-11-9-16(24)10-12-18/h2-12,15H,13-14H2,1H3. The summed E-state index contributed by atoms with van der Waals surface area (Å²) in [5, 5.41) is 1.11. The van der Waals surface area contributed by atoms with Gasteiger partial charge in [0, 0.05) is 11.8 Å². The molecule has 4 aromatic rings. The van der Waals surface area contributed by atoms with E-state index in [0.29, 0.717) is 45.6 Å². The zero-order valence-corrected chi connectivity index (χ0v) is 17.1. The second-order valence-corrected chi connectivity index (χ2v) is 7.47. The normalized spacial score (nSPS) is 10.9. The van der Waals surface area contributed by atoms with Crippen LogP contribution in [-0.4, -0.2) is 29.0 Å². The Bertz CT molecular complexity index is 1230. The first-order valence-electron chi connectivity index (χ1n) is 9.33. The Kier molecular flexibility index (Phi) is 5.99. The van der Waals surface area contributed by atoms with E-state index < -0.39 is 0 Å². The van der Waals surface area contributed by atoms with E-state index in [1.807, 2.05) is 36.4 Å². The summed E-state index contributed by atoms with van der Waals surface area (Å²) < 4.78 is 25.6. The van der Waals surface area contributed by atoms with Gasteiger partial charge in [0.15, 0.2) is 5.16 Å². The largest absolute Gasteiger partial charge is 0.497 e. The highest BCUT2D eigenvalue weighted by atomic mass is 32.2. The van der Waals surface area contributed by atoms with Gasteiger partial charge in [-0.05, 0) is 48.5 Å². The second-order valence-electron chi connectivity index (χ2n) is 6.40. The van der Waals surface area contributed by atoms with E-state index in [4.69, 9.17) is 14.5 Å². The molecule has 0 atom stereocenters. The SMILES string of the molecule is COc1cccc(-n2c(SCCOc3ccc(F)cc3)nc3ccccc3c2=O)c1. The van der Waals surface area contributed by atoms with Crippen LogP contribution in [0.3, 0.4) is 0 Å². The molecule has 152 valence electrons. The van der Waals surface area contributed by atoms with Gasteiger partial charge in [0.25, 0.3) is 5.56 Å². The van der Waals surface area contributed by atoms with E-state index in [0.717, 1.165) is 0 Å². The van der Waals surface area contributed by atoms with Crippen molar-refractivity contribution >= 4 is 22.7 Å². The van der Waals surface area contributed by atoms with Crippen LogP contribution in [0.25, 0.3) is 16.6 Å². The molecule has 1 heterocycles. The molecule has 5 nitrogen and oxygen atoms in total. The van der Waals surface area contributed by atoms with Gasteiger partial charge in [-0.25, -0.2) is 9.37 Å². The molecule has 3 aromatic carbocycles. The van der Waals surface area contributed by atoms with E-state index in [1.165, 1.54) is 23.9 Å². The van der Waals surface area contributed by atoms with Crippen molar-refractivity contribution in [3.05, 3.63) is 89.0 Å². The van der Waals surface area contributed by atoms with Gasteiger partial charge in [-0.15, -0.1) is 0 Å². The molecule has 0 aliphatic rings. The van der Waals surface area contributed by atoms with Gasteiger partial charge in [0.05, 0.1) is 30.3 Å². The van der Waals surface area contributed by atoms with E-state index in [1.54, 1.807) is 35.9 Å². The number of rotatable bonds is 7. The molecule has 1 aromatic heterocycles. The maximum atomic E-state index is 13.2. The van der Waals surface area contributed by atoms with Gasteiger partial charge in [-0.1, -0.05) is 30.0 Å². The van der Waals surface area contributed by atoms with Gasteiger partial charge >= 0.3 is 0 Å². The first-order chi connectivity index (χ1) is 14.7. The topological polar surface area (TPSA) is 53.4 Å². The second kappa shape index (κ2) is 9.00. The number of aromatic nitrogens is 2. The summed E-state index contributed by atoms with van der Waals surface area (Å²) in [7, 11) is 1.59. The molecule has 4 rings (SSSR count). The quantitative estimate of drug-likeness (QED) is 0.245. The van der Waals surface area contributed by atoms with Crippen LogP contribution < -0.4 is 15.0 Å². The summed E-state index contributed by atoms with van der Waals surface area (Å²) in [5.74, 6) is 1.50. The highest BCUT2D eigenvalue weighted by Gasteiger charge is 2.14. The maximum Gasteiger partial charge on any atom is 0.266 e. The lowest BCUT2D eigenvalue weighted by molar-refractivity contribution is 0.343. The third-order valence-corrected chi connectivity index (χ3v) is 5.36. The number of thioether (sulfide) groups is 1. The molecule has 0 N–H and O–H groups in total. The minimum absolute atomic E-state index is 0.143. The third kappa shape index (κ3) is 4.31. The van der Waals surface area contributed by atoms with Gasteiger partial charge in [-0.3, -0.25) is 9.36 Å². The molecule has 30 heavy (non-hydrogen) atoms. The summed E-state index contributed by atoms with van der Waals surface area (Å²) in [6.45, 7) is 0.386. The molecule has 0 unspecified atom stereocenters. The molecule has 0 fully saturated rings. The first-order valence-corrected chi connectivity index (χ1v) is 10.3. The lowest BCUT2D eigenvalue weighted by Crippen LogP contribution is -2.22. The van der Waals surface area contributed by atoms with Crippen molar-refractivity contribution in [1.29, 1.82) is 0 Å². The van der Waals surface area contributed by atoms with Crippen molar-refractivity contribution in [3.8, 4) is 17.2 Å². The molecule has 0 aliphatic heterocycles. The van der Waals surface area contributed by atoms with Gasteiger partial charge in [-0.2, -0.15) is 0 Å². The van der Waals surface area contributed by atoms with Crippen LogP contribution in [0.5, 0.6) is 11.5 Å². The van der Waals surface area contributed by atoms with Crippen LogP contribution in [0.1, 0.15) is 0 Å². The fraction of sp³-hybridized carbons (Fsp3) is 0.130. The van der Waals surface area contributed by atoms with Crippen molar-refractivity contribution < 1.29 is 13.9 Å². The molecule has 0 bridgehead atoms. The van der Waals surface area contributed by atoms with Crippen LogP contribution in [0, 0.1) is 5.82 Å². The van der Waals surface area contributed by atoms with E-state index >= 15 is 0 Å². The van der Waals surface area contributed by atoms with E-state index in [9.17, 15) is 9.18 Å². The minimum atomic E-state index is -0.306. The molecule has 0 spiro atoms. The first kappa shape index (κ1) is 20.0. The summed E-state index contributed by atoms with van der Waals surface area (Å²) >= 11 is 1.42. The highest BCUT2D eigenvalue weighted by Crippen LogP contribution is 2.23. The van der Waals surface area contributed by atoms with Crippen molar-refractivity contribution in [2.24, 2.45) is 0 Å². The molecule has 0 amide bonds. The Hall–Kier alpha value is -3.32. The number of benzene rings is 3. The Labute approximate surface area is 177 Å². The zero-order valence-electron chi connectivity index (χ0n) is 16.2.